The van der Waals surface area contributed by atoms with E-state index in [1.165, 1.54) is 0 Å². The number of fused-ring (bicyclic) bond motifs is 2. The molecule has 1 amide bonds. The van der Waals surface area contributed by atoms with Crippen molar-refractivity contribution in [3.05, 3.63) is 69.3 Å². The van der Waals surface area contributed by atoms with Crippen LogP contribution in [0.5, 0.6) is 0 Å². The first-order valence-electron chi connectivity index (χ1n) is 9.44. The van der Waals surface area contributed by atoms with Gasteiger partial charge in [-0.25, -0.2) is 9.78 Å². The molecule has 0 aliphatic rings. The third-order valence-corrected chi connectivity index (χ3v) is 5.74. The lowest BCUT2D eigenvalue weighted by atomic mass is 10.1. The Hall–Kier alpha value is -3.52. The number of pyridine rings is 1. The molecule has 0 saturated heterocycles. The van der Waals surface area contributed by atoms with Crippen molar-refractivity contribution in [2.24, 2.45) is 0 Å². The smallest absolute Gasteiger partial charge is 0.350 e. The summed E-state index contributed by atoms with van der Waals surface area (Å²) >= 11 is 1.08. The van der Waals surface area contributed by atoms with Crippen molar-refractivity contribution in [1.82, 2.24) is 9.55 Å². The van der Waals surface area contributed by atoms with E-state index in [4.69, 9.17) is 4.74 Å². The van der Waals surface area contributed by atoms with Crippen LogP contribution < -0.4 is 10.7 Å². The number of carbonyl (C=O) groups excluding carboxylic acids is 2. The van der Waals surface area contributed by atoms with E-state index in [9.17, 15) is 14.4 Å². The SMILES string of the molecule is CCOC(=O)c1sc(NC(=O)Cn2c3ccccc3c(=O)c3ccccc32)nc1C. The molecule has 2 heterocycles. The van der Waals surface area contributed by atoms with Crippen molar-refractivity contribution >= 4 is 50.2 Å². The molecule has 7 nitrogen and oxygen atoms in total. The summed E-state index contributed by atoms with van der Waals surface area (Å²) in [5.74, 6) is -0.761. The quantitative estimate of drug-likeness (QED) is 0.392. The van der Waals surface area contributed by atoms with Crippen molar-refractivity contribution in [1.29, 1.82) is 0 Å². The van der Waals surface area contributed by atoms with E-state index in [1.807, 2.05) is 28.8 Å². The summed E-state index contributed by atoms with van der Waals surface area (Å²) in [4.78, 5) is 42.2. The Morgan fingerprint density at radius 1 is 1.07 bits per heavy atom. The average Bonchev–Trinajstić information content (AvgIpc) is 3.11. The maximum atomic E-state index is 12.8. The molecule has 8 heteroatoms. The van der Waals surface area contributed by atoms with E-state index in [1.54, 1.807) is 38.1 Å². The molecule has 0 fully saturated rings. The Morgan fingerprint density at radius 3 is 2.27 bits per heavy atom. The van der Waals surface area contributed by atoms with Crippen LogP contribution in [0.4, 0.5) is 5.13 Å². The fraction of sp³-hybridized carbons (Fsp3) is 0.182. The average molecular weight is 421 g/mol. The molecule has 1 N–H and O–H groups in total. The topological polar surface area (TPSA) is 90.3 Å². The molecule has 0 aliphatic heterocycles. The van der Waals surface area contributed by atoms with Crippen molar-refractivity contribution in [3.63, 3.8) is 0 Å². The van der Waals surface area contributed by atoms with Crippen molar-refractivity contribution in [3.8, 4) is 0 Å². The molecule has 0 radical (unpaired) electrons. The summed E-state index contributed by atoms with van der Waals surface area (Å²) in [7, 11) is 0. The second-order valence-corrected chi connectivity index (χ2v) is 7.65. The fourth-order valence-corrected chi connectivity index (χ4v) is 4.26. The number of rotatable bonds is 5. The number of nitrogens with zero attached hydrogens (tertiary/aromatic N) is 2. The van der Waals surface area contributed by atoms with Gasteiger partial charge in [0.1, 0.15) is 11.4 Å². The van der Waals surface area contributed by atoms with Crippen molar-refractivity contribution in [2.75, 3.05) is 11.9 Å². The molecule has 0 atom stereocenters. The van der Waals surface area contributed by atoms with Crippen LogP contribution in [0, 0.1) is 6.92 Å². The first kappa shape index (κ1) is 19.8. The van der Waals surface area contributed by atoms with Gasteiger partial charge in [-0.05, 0) is 38.1 Å². The second kappa shape index (κ2) is 8.08. The molecule has 4 rings (SSSR count). The molecule has 2 aromatic heterocycles. The third-order valence-electron chi connectivity index (χ3n) is 4.68. The number of para-hydroxylation sites is 2. The van der Waals surface area contributed by atoms with Gasteiger partial charge in [0.25, 0.3) is 0 Å². The van der Waals surface area contributed by atoms with Gasteiger partial charge in [-0.1, -0.05) is 35.6 Å². The largest absolute Gasteiger partial charge is 0.462 e. The molecule has 4 aromatic rings. The Bertz CT molecular complexity index is 1280. The molecule has 0 saturated carbocycles. The van der Waals surface area contributed by atoms with Gasteiger partial charge in [0.2, 0.25) is 5.91 Å². The second-order valence-electron chi connectivity index (χ2n) is 6.65. The zero-order valence-corrected chi connectivity index (χ0v) is 17.3. The number of aromatic nitrogens is 2. The Kier molecular flexibility index (Phi) is 5.33. The summed E-state index contributed by atoms with van der Waals surface area (Å²) in [6.07, 6.45) is 0. The van der Waals surface area contributed by atoms with Crippen LogP contribution >= 0.6 is 11.3 Å². The molecular formula is C22H19N3O4S. The van der Waals surface area contributed by atoms with Gasteiger partial charge in [0.15, 0.2) is 10.6 Å². The maximum absolute atomic E-state index is 12.8. The van der Waals surface area contributed by atoms with Gasteiger partial charge in [-0.2, -0.15) is 0 Å². The third kappa shape index (κ3) is 3.57. The molecule has 0 unspecified atom stereocenters. The fourth-order valence-electron chi connectivity index (χ4n) is 3.39. The normalized spacial score (nSPS) is 11.0. The predicted molar refractivity (Wildman–Crippen MR) is 117 cm³/mol. The maximum Gasteiger partial charge on any atom is 0.350 e. The van der Waals surface area contributed by atoms with E-state index in [2.05, 4.69) is 10.3 Å². The van der Waals surface area contributed by atoms with Crippen LogP contribution in [0.25, 0.3) is 21.8 Å². The molecule has 0 aliphatic carbocycles. The molecule has 0 bridgehead atoms. The lowest BCUT2D eigenvalue weighted by molar-refractivity contribution is -0.116. The van der Waals surface area contributed by atoms with Gasteiger partial charge in [-0.3, -0.25) is 9.59 Å². The monoisotopic (exact) mass is 421 g/mol. The van der Waals surface area contributed by atoms with Gasteiger partial charge >= 0.3 is 5.97 Å². The van der Waals surface area contributed by atoms with Crippen LogP contribution in [0.15, 0.2) is 53.3 Å². The van der Waals surface area contributed by atoms with Gasteiger partial charge in [0, 0.05) is 10.8 Å². The van der Waals surface area contributed by atoms with Crippen LogP contribution in [0.2, 0.25) is 0 Å². The van der Waals surface area contributed by atoms with E-state index in [0.29, 0.717) is 37.5 Å². The number of carbonyl (C=O) groups is 2. The van der Waals surface area contributed by atoms with E-state index in [0.717, 1.165) is 11.3 Å². The minimum atomic E-state index is -0.453. The Morgan fingerprint density at radius 2 is 1.67 bits per heavy atom. The highest BCUT2D eigenvalue weighted by molar-refractivity contribution is 7.17. The number of benzene rings is 2. The Labute approximate surface area is 175 Å². The molecular weight excluding hydrogens is 402 g/mol. The summed E-state index contributed by atoms with van der Waals surface area (Å²) in [5, 5.41) is 4.19. The number of amides is 1. The molecule has 0 spiro atoms. The van der Waals surface area contributed by atoms with E-state index >= 15 is 0 Å². The zero-order chi connectivity index (χ0) is 21.3. The van der Waals surface area contributed by atoms with E-state index < -0.39 is 5.97 Å². The summed E-state index contributed by atoms with van der Waals surface area (Å²) in [5.41, 5.74) is 1.80. The van der Waals surface area contributed by atoms with Crippen molar-refractivity contribution < 1.29 is 14.3 Å². The zero-order valence-electron chi connectivity index (χ0n) is 16.5. The number of hydrogen-bond donors (Lipinski definition) is 1. The number of aryl methyl sites for hydroxylation is 1. The van der Waals surface area contributed by atoms with Gasteiger partial charge in [-0.15, -0.1) is 0 Å². The number of anilines is 1. The highest BCUT2D eigenvalue weighted by atomic mass is 32.1. The van der Waals surface area contributed by atoms with Crippen molar-refractivity contribution in [2.45, 2.75) is 20.4 Å². The molecule has 30 heavy (non-hydrogen) atoms. The number of thiazole rings is 1. The lowest BCUT2D eigenvalue weighted by Gasteiger charge is -2.14. The van der Waals surface area contributed by atoms with Gasteiger partial charge in [0.05, 0.1) is 23.3 Å². The summed E-state index contributed by atoms with van der Waals surface area (Å²) < 4.78 is 6.83. The van der Waals surface area contributed by atoms with Crippen LogP contribution in [-0.2, 0) is 16.1 Å². The van der Waals surface area contributed by atoms with Crippen LogP contribution in [0.3, 0.4) is 0 Å². The van der Waals surface area contributed by atoms with E-state index in [-0.39, 0.29) is 24.5 Å². The summed E-state index contributed by atoms with van der Waals surface area (Å²) in [6.45, 7) is 3.69. The minimum Gasteiger partial charge on any atom is -0.462 e. The molecule has 2 aromatic carbocycles. The number of hydrogen-bond acceptors (Lipinski definition) is 6. The highest BCUT2D eigenvalue weighted by Crippen LogP contribution is 2.24. The minimum absolute atomic E-state index is 0.00528. The number of esters is 1. The number of ether oxygens (including phenoxy) is 1. The lowest BCUT2D eigenvalue weighted by Crippen LogP contribution is -2.21. The van der Waals surface area contributed by atoms with Gasteiger partial charge < -0.3 is 14.6 Å². The summed E-state index contributed by atoms with van der Waals surface area (Å²) in [6, 6.07) is 14.4. The first-order chi connectivity index (χ1) is 14.5. The first-order valence-corrected chi connectivity index (χ1v) is 10.3. The highest BCUT2D eigenvalue weighted by Gasteiger charge is 2.18. The van der Waals surface area contributed by atoms with Crippen LogP contribution in [0.1, 0.15) is 22.3 Å². The number of nitrogens with one attached hydrogen (secondary N) is 1. The molecule has 152 valence electrons. The predicted octanol–water partition coefficient (Wildman–Crippen LogP) is 3.74. The standard InChI is InChI=1S/C22H19N3O4S/c1-3-29-21(28)20-13(2)23-22(30-20)24-18(26)12-25-16-10-6-4-8-14(16)19(27)15-9-5-7-11-17(15)25/h4-11H,3,12H2,1-2H3,(H,23,24,26). The van der Waals surface area contributed by atoms with Crippen LogP contribution in [-0.4, -0.2) is 28.0 Å². The Balaban J connectivity index is 1.69.